The molecule has 0 spiro atoms. The first kappa shape index (κ1) is 23.0. The molecule has 1 aromatic heterocycles. The number of hydrogen-bond acceptors (Lipinski definition) is 4. The molecule has 0 saturated carbocycles. The summed E-state index contributed by atoms with van der Waals surface area (Å²) in [4.78, 5) is 33.0. The molecular formula is C24H24ClN5O2. The van der Waals surface area contributed by atoms with Crippen LogP contribution in [0.1, 0.15) is 34.0 Å². The lowest BCUT2D eigenvalue weighted by atomic mass is 10.1. The highest BCUT2D eigenvalue weighted by atomic mass is 35.5. The number of nitrogens with zero attached hydrogens (tertiary/aromatic N) is 2. The van der Waals surface area contributed by atoms with Crippen molar-refractivity contribution in [1.29, 1.82) is 0 Å². The summed E-state index contributed by atoms with van der Waals surface area (Å²) in [5.41, 5.74) is 4.33. The van der Waals surface area contributed by atoms with E-state index in [2.05, 4.69) is 25.9 Å². The van der Waals surface area contributed by atoms with Gasteiger partial charge in [0.05, 0.1) is 17.3 Å². The molecule has 2 amide bonds. The molecule has 0 aliphatic rings. The molecule has 8 heteroatoms. The van der Waals surface area contributed by atoms with Crippen LogP contribution in [0, 0.1) is 13.8 Å². The van der Waals surface area contributed by atoms with Crippen molar-refractivity contribution in [2.75, 3.05) is 10.6 Å². The van der Waals surface area contributed by atoms with Gasteiger partial charge in [0.15, 0.2) is 0 Å². The summed E-state index contributed by atoms with van der Waals surface area (Å²) in [7, 11) is 0. The Morgan fingerprint density at radius 1 is 1.03 bits per heavy atom. The Balaban J connectivity index is 1.85. The van der Waals surface area contributed by atoms with Crippen molar-refractivity contribution in [2.24, 2.45) is 4.99 Å². The molecule has 0 unspecified atom stereocenters. The van der Waals surface area contributed by atoms with Crippen LogP contribution in [0.3, 0.4) is 0 Å². The van der Waals surface area contributed by atoms with Crippen molar-refractivity contribution < 1.29 is 9.59 Å². The summed E-state index contributed by atoms with van der Waals surface area (Å²) >= 11 is 6.35. The number of pyridine rings is 1. The van der Waals surface area contributed by atoms with Crippen LogP contribution >= 0.6 is 11.6 Å². The van der Waals surface area contributed by atoms with E-state index in [0.717, 1.165) is 16.7 Å². The Kier molecular flexibility index (Phi) is 7.57. The molecule has 0 aliphatic carbocycles. The quantitative estimate of drug-likeness (QED) is 0.388. The molecule has 0 fully saturated rings. The molecule has 3 N–H and O–H groups in total. The Labute approximate surface area is 191 Å². The zero-order valence-electron chi connectivity index (χ0n) is 18.1. The second-order valence-electron chi connectivity index (χ2n) is 7.30. The standard InChI is InChI=1S/C24H24ClN5O2/c1-15-6-9-21(20(25)11-15)29-24(27-14-18-5-4-10-26-13-18)30-23(32)19-8-7-16(2)22(12-19)28-17(3)31/h4-13H,14H2,1-3H3,(H,28,31)(H2,27,29,30,32). The summed E-state index contributed by atoms with van der Waals surface area (Å²) in [6.07, 6.45) is 3.39. The van der Waals surface area contributed by atoms with Crippen molar-refractivity contribution in [2.45, 2.75) is 27.3 Å². The molecular weight excluding hydrogens is 426 g/mol. The van der Waals surface area contributed by atoms with Gasteiger partial charge in [0.1, 0.15) is 0 Å². The number of aromatic nitrogens is 1. The van der Waals surface area contributed by atoms with E-state index in [1.807, 2.05) is 44.2 Å². The molecule has 7 nitrogen and oxygen atoms in total. The monoisotopic (exact) mass is 449 g/mol. The number of aryl methyl sites for hydroxylation is 2. The van der Waals surface area contributed by atoms with Gasteiger partial charge < -0.3 is 10.6 Å². The van der Waals surface area contributed by atoms with Gasteiger partial charge in [0.25, 0.3) is 5.91 Å². The Morgan fingerprint density at radius 2 is 1.84 bits per heavy atom. The van der Waals surface area contributed by atoms with Gasteiger partial charge in [-0.3, -0.25) is 19.9 Å². The number of guanidine groups is 1. The van der Waals surface area contributed by atoms with Crippen LogP contribution in [-0.4, -0.2) is 22.8 Å². The van der Waals surface area contributed by atoms with E-state index in [0.29, 0.717) is 28.5 Å². The number of nitrogens with one attached hydrogen (secondary N) is 3. The van der Waals surface area contributed by atoms with Crippen molar-refractivity contribution in [3.8, 4) is 0 Å². The molecule has 0 aliphatic heterocycles. The Hall–Kier alpha value is -3.71. The lowest BCUT2D eigenvalue weighted by molar-refractivity contribution is -0.114. The number of hydrogen-bond donors (Lipinski definition) is 3. The molecule has 0 saturated heterocycles. The summed E-state index contributed by atoms with van der Waals surface area (Å²) < 4.78 is 0. The topological polar surface area (TPSA) is 95.5 Å². The van der Waals surface area contributed by atoms with E-state index in [-0.39, 0.29) is 17.8 Å². The van der Waals surface area contributed by atoms with Gasteiger partial charge in [-0.15, -0.1) is 0 Å². The molecule has 0 bridgehead atoms. The largest absolute Gasteiger partial charge is 0.326 e. The third kappa shape index (κ3) is 6.39. The third-order valence-electron chi connectivity index (χ3n) is 4.56. The number of amides is 2. The van der Waals surface area contributed by atoms with Crippen LogP contribution < -0.4 is 16.0 Å². The zero-order valence-corrected chi connectivity index (χ0v) is 18.8. The maximum Gasteiger partial charge on any atom is 0.258 e. The number of carbonyl (C=O) groups excluding carboxylic acids is 2. The summed E-state index contributed by atoms with van der Waals surface area (Å²) in [6, 6.07) is 14.4. The van der Waals surface area contributed by atoms with Gasteiger partial charge in [-0.2, -0.15) is 0 Å². The van der Waals surface area contributed by atoms with E-state index in [1.165, 1.54) is 6.92 Å². The highest BCUT2D eigenvalue weighted by molar-refractivity contribution is 6.34. The first-order valence-electron chi connectivity index (χ1n) is 9.98. The van der Waals surface area contributed by atoms with Gasteiger partial charge in [0, 0.05) is 30.6 Å². The van der Waals surface area contributed by atoms with Crippen LogP contribution in [0.15, 0.2) is 65.9 Å². The number of benzene rings is 2. The highest BCUT2D eigenvalue weighted by Gasteiger charge is 2.13. The minimum Gasteiger partial charge on any atom is -0.326 e. The van der Waals surface area contributed by atoms with Crippen LogP contribution in [0.5, 0.6) is 0 Å². The van der Waals surface area contributed by atoms with Gasteiger partial charge in [0.2, 0.25) is 11.9 Å². The first-order valence-corrected chi connectivity index (χ1v) is 10.4. The molecule has 0 radical (unpaired) electrons. The summed E-state index contributed by atoms with van der Waals surface area (Å²) in [5.74, 6) is -0.344. The van der Waals surface area contributed by atoms with E-state index in [1.54, 1.807) is 30.6 Å². The summed E-state index contributed by atoms with van der Waals surface area (Å²) in [5, 5.41) is 9.14. The predicted octanol–water partition coefficient (Wildman–Crippen LogP) is 4.71. The van der Waals surface area contributed by atoms with E-state index in [9.17, 15) is 9.59 Å². The van der Waals surface area contributed by atoms with Crippen LogP contribution in [0.4, 0.5) is 11.4 Å². The highest BCUT2D eigenvalue weighted by Crippen LogP contribution is 2.23. The van der Waals surface area contributed by atoms with Gasteiger partial charge in [-0.05, 0) is 60.9 Å². The van der Waals surface area contributed by atoms with Gasteiger partial charge in [-0.25, -0.2) is 4.99 Å². The van der Waals surface area contributed by atoms with Crippen molar-refractivity contribution in [3.63, 3.8) is 0 Å². The minimum atomic E-state index is -0.378. The molecule has 3 rings (SSSR count). The predicted molar refractivity (Wildman–Crippen MR) is 128 cm³/mol. The van der Waals surface area contributed by atoms with E-state index < -0.39 is 0 Å². The lowest BCUT2D eigenvalue weighted by Crippen LogP contribution is -2.36. The molecule has 32 heavy (non-hydrogen) atoms. The fraction of sp³-hybridized carbons (Fsp3) is 0.167. The summed E-state index contributed by atoms with van der Waals surface area (Å²) in [6.45, 7) is 5.53. The van der Waals surface area contributed by atoms with Gasteiger partial charge in [-0.1, -0.05) is 29.8 Å². The fourth-order valence-corrected chi connectivity index (χ4v) is 3.17. The molecule has 3 aromatic rings. The maximum atomic E-state index is 13.0. The smallest absolute Gasteiger partial charge is 0.258 e. The van der Waals surface area contributed by atoms with E-state index >= 15 is 0 Å². The molecule has 2 aromatic carbocycles. The van der Waals surface area contributed by atoms with Crippen LogP contribution in [0.2, 0.25) is 5.02 Å². The van der Waals surface area contributed by atoms with Crippen molar-refractivity contribution in [3.05, 3.63) is 88.2 Å². The minimum absolute atomic E-state index is 0.208. The second kappa shape index (κ2) is 10.5. The SMILES string of the molecule is CC(=O)Nc1cc(C(=O)NC(=NCc2cccnc2)Nc2ccc(C)cc2Cl)ccc1C. The van der Waals surface area contributed by atoms with E-state index in [4.69, 9.17) is 11.6 Å². The number of rotatable bonds is 5. The molecule has 1 heterocycles. The normalized spacial score (nSPS) is 11.1. The number of carbonyl (C=O) groups is 2. The van der Waals surface area contributed by atoms with Crippen LogP contribution in [0.25, 0.3) is 0 Å². The number of halogens is 1. The van der Waals surface area contributed by atoms with Crippen molar-refractivity contribution >= 4 is 40.7 Å². The molecule has 164 valence electrons. The zero-order chi connectivity index (χ0) is 23.1. The number of aliphatic imine (C=N–C) groups is 1. The third-order valence-corrected chi connectivity index (χ3v) is 4.88. The Bertz CT molecular complexity index is 1160. The maximum absolute atomic E-state index is 13.0. The lowest BCUT2D eigenvalue weighted by Gasteiger charge is -2.14. The Morgan fingerprint density at radius 3 is 2.53 bits per heavy atom. The van der Waals surface area contributed by atoms with Gasteiger partial charge >= 0.3 is 0 Å². The average molecular weight is 450 g/mol. The van der Waals surface area contributed by atoms with Crippen LogP contribution in [-0.2, 0) is 11.3 Å². The number of anilines is 2. The molecule has 0 atom stereocenters. The second-order valence-corrected chi connectivity index (χ2v) is 7.71. The van der Waals surface area contributed by atoms with Crippen molar-refractivity contribution in [1.82, 2.24) is 10.3 Å². The fourth-order valence-electron chi connectivity index (χ4n) is 2.89. The first-order chi connectivity index (χ1) is 15.3. The average Bonchev–Trinajstić information content (AvgIpc) is 2.75.